The highest BCUT2D eigenvalue weighted by Crippen LogP contribution is 2.23. The molecule has 0 rings (SSSR count). The molecule has 0 atom stereocenters. The topological polar surface area (TPSA) is 80.5 Å². The van der Waals surface area contributed by atoms with E-state index >= 15 is 0 Å². The highest BCUT2D eigenvalue weighted by atomic mass is 19.4. The first kappa shape index (κ1) is 14.2. The van der Waals surface area contributed by atoms with Gasteiger partial charge in [0.25, 0.3) is 0 Å². The van der Waals surface area contributed by atoms with Crippen molar-refractivity contribution in [2.45, 2.75) is 12.4 Å². The van der Waals surface area contributed by atoms with E-state index in [1.54, 1.807) is 0 Å². The summed E-state index contributed by atoms with van der Waals surface area (Å²) in [4.78, 5) is 29.0. The molecule has 0 aliphatic heterocycles. The van der Waals surface area contributed by atoms with E-state index < -0.39 is 35.1 Å². The van der Waals surface area contributed by atoms with Gasteiger partial charge in [0.2, 0.25) is 0 Å². The second-order valence-electron chi connectivity index (χ2n) is 2.28. The molecule has 0 aliphatic rings. The van der Waals surface area contributed by atoms with Gasteiger partial charge >= 0.3 is 30.2 Å². The zero-order valence-electron chi connectivity index (χ0n) is 7.02. The number of primary amides is 1. The highest BCUT2D eigenvalue weighted by molar-refractivity contribution is 6.12. The number of hydrogen-bond acceptors (Lipinski definition) is 3. The van der Waals surface area contributed by atoms with Crippen LogP contribution in [0.25, 0.3) is 0 Å². The van der Waals surface area contributed by atoms with E-state index in [-0.39, 0.29) is 0 Å². The molecule has 11 heteroatoms. The van der Waals surface area contributed by atoms with Gasteiger partial charge in [-0.1, -0.05) is 0 Å². The van der Waals surface area contributed by atoms with Crippen molar-refractivity contribution in [3.05, 3.63) is 0 Å². The van der Waals surface area contributed by atoms with E-state index in [1.807, 2.05) is 0 Å². The first-order valence-corrected chi connectivity index (χ1v) is 3.21. The summed E-state index contributed by atoms with van der Waals surface area (Å²) in [5.41, 5.74) is 4.08. The van der Waals surface area contributed by atoms with Crippen LogP contribution in [0, 0.1) is 0 Å². The van der Waals surface area contributed by atoms with Crippen LogP contribution in [-0.2, 0) is 9.59 Å². The lowest BCUT2D eigenvalue weighted by molar-refractivity contribution is -0.199. The molecule has 0 unspecified atom stereocenters. The Labute approximate surface area is 82.8 Å². The molecule has 0 fully saturated rings. The van der Waals surface area contributed by atoms with Crippen molar-refractivity contribution < 1.29 is 40.7 Å². The van der Waals surface area contributed by atoms with Gasteiger partial charge in [-0.25, -0.2) is 4.79 Å². The molecule has 0 aliphatic carbocycles. The average Bonchev–Trinajstić information content (AvgIpc) is 1.99. The van der Waals surface area contributed by atoms with Crippen molar-refractivity contribution in [2.24, 2.45) is 5.73 Å². The van der Waals surface area contributed by atoms with Crippen LogP contribution in [0.15, 0.2) is 0 Å². The zero-order valence-corrected chi connectivity index (χ0v) is 7.02. The second kappa shape index (κ2) is 3.98. The Hall–Kier alpha value is -1.81. The Morgan fingerprint density at radius 3 is 1.19 bits per heavy atom. The SMILES string of the molecule is NC(=O)N(C(=O)C(F)(F)F)C(=O)C(F)(F)F. The lowest BCUT2D eigenvalue weighted by atomic mass is 10.4. The standard InChI is InChI=1S/C5H2F6N2O3/c6-4(7,8)1(14)13(3(12)16)2(15)5(9,10)11/h(H2,12,16). The minimum Gasteiger partial charge on any atom is -0.351 e. The van der Waals surface area contributed by atoms with Gasteiger partial charge < -0.3 is 5.73 Å². The molecule has 0 aromatic heterocycles. The molecule has 0 heterocycles. The van der Waals surface area contributed by atoms with Crippen molar-refractivity contribution in [1.82, 2.24) is 4.90 Å². The lowest BCUT2D eigenvalue weighted by Gasteiger charge is -2.18. The predicted molar refractivity (Wildman–Crippen MR) is 33.5 cm³/mol. The van der Waals surface area contributed by atoms with Gasteiger partial charge in [0.1, 0.15) is 0 Å². The van der Waals surface area contributed by atoms with E-state index in [2.05, 4.69) is 5.73 Å². The fraction of sp³-hybridized carbons (Fsp3) is 0.400. The minimum absolute atomic E-state index is 1.72. The third-order valence-electron chi connectivity index (χ3n) is 1.11. The maximum Gasteiger partial charge on any atom is 0.472 e. The van der Waals surface area contributed by atoms with Gasteiger partial charge in [0.05, 0.1) is 0 Å². The molecule has 0 aromatic carbocycles. The van der Waals surface area contributed by atoms with Crippen molar-refractivity contribution in [3.8, 4) is 0 Å². The maximum atomic E-state index is 11.7. The van der Waals surface area contributed by atoms with Crippen LogP contribution in [0.3, 0.4) is 0 Å². The number of alkyl halides is 6. The number of hydrogen-bond donors (Lipinski definition) is 1. The number of urea groups is 1. The van der Waals surface area contributed by atoms with E-state index in [9.17, 15) is 40.7 Å². The second-order valence-corrected chi connectivity index (χ2v) is 2.28. The van der Waals surface area contributed by atoms with Crippen molar-refractivity contribution in [3.63, 3.8) is 0 Å². The molecule has 0 saturated heterocycles. The summed E-state index contributed by atoms with van der Waals surface area (Å²) in [5.74, 6) is -6.61. The predicted octanol–water partition coefficient (Wildman–Crippen LogP) is 0.545. The molecule has 0 saturated carbocycles. The summed E-state index contributed by atoms with van der Waals surface area (Å²) >= 11 is 0. The van der Waals surface area contributed by atoms with E-state index in [0.29, 0.717) is 0 Å². The van der Waals surface area contributed by atoms with Gasteiger partial charge in [0.15, 0.2) is 0 Å². The van der Waals surface area contributed by atoms with Crippen LogP contribution in [0.2, 0.25) is 0 Å². The first-order valence-electron chi connectivity index (χ1n) is 3.21. The van der Waals surface area contributed by atoms with Crippen LogP contribution < -0.4 is 5.73 Å². The van der Waals surface area contributed by atoms with Gasteiger partial charge in [-0.15, -0.1) is 0 Å². The summed E-state index contributed by atoms with van der Waals surface area (Å²) in [7, 11) is 0. The number of imide groups is 3. The normalized spacial score (nSPS) is 12.1. The van der Waals surface area contributed by atoms with Gasteiger partial charge in [-0.05, 0) is 0 Å². The Bertz CT molecular complexity index is 306. The maximum absolute atomic E-state index is 11.7. The van der Waals surface area contributed by atoms with Gasteiger partial charge in [-0.2, -0.15) is 31.2 Å². The van der Waals surface area contributed by atoms with Crippen LogP contribution in [0.1, 0.15) is 0 Å². The van der Waals surface area contributed by atoms with Crippen LogP contribution in [-0.4, -0.2) is 35.1 Å². The van der Waals surface area contributed by atoms with Crippen molar-refractivity contribution in [1.29, 1.82) is 0 Å². The molecule has 0 bridgehead atoms. The smallest absolute Gasteiger partial charge is 0.351 e. The Morgan fingerprint density at radius 2 is 1.06 bits per heavy atom. The third kappa shape index (κ3) is 3.10. The van der Waals surface area contributed by atoms with Crippen molar-refractivity contribution in [2.75, 3.05) is 0 Å². The Balaban J connectivity index is 5.29. The van der Waals surface area contributed by atoms with Crippen LogP contribution in [0.4, 0.5) is 31.1 Å². The number of carbonyl (C=O) groups is 3. The fourth-order valence-corrected chi connectivity index (χ4v) is 0.546. The quantitative estimate of drug-likeness (QED) is 0.639. The molecule has 0 spiro atoms. The highest BCUT2D eigenvalue weighted by Gasteiger charge is 2.54. The monoisotopic (exact) mass is 252 g/mol. The number of amides is 4. The average molecular weight is 252 g/mol. The summed E-state index contributed by atoms with van der Waals surface area (Å²) in [6, 6.07) is -2.47. The molecule has 0 radical (unpaired) electrons. The van der Waals surface area contributed by atoms with E-state index in [4.69, 9.17) is 0 Å². The molecule has 4 amide bonds. The Morgan fingerprint density at radius 1 is 0.812 bits per heavy atom. The summed E-state index contributed by atoms with van der Waals surface area (Å²) in [5, 5.41) is 0. The van der Waals surface area contributed by atoms with Crippen LogP contribution >= 0.6 is 0 Å². The number of rotatable bonds is 0. The minimum atomic E-state index is -5.82. The molecule has 92 valence electrons. The number of nitrogens with two attached hydrogens (primary N) is 1. The molecular formula is C5H2F6N2O3. The third-order valence-corrected chi connectivity index (χ3v) is 1.11. The van der Waals surface area contributed by atoms with Crippen LogP contribution in [0.5, 0.6) is 0 Å². The number of nitrogens with zero attached hydrogens (tertiary/aromatic N) is 1. The molecule has 2 N–H and O–H groups in total. The molecule has 0 aromatic rings. The lowest BCUT2D eigenvalue weighted by Crippen LogP contribution is -2.54. The zero-order chi connectivity index (χ0) is 13.3. The van der Waals surface area contributed by atoms with E-state index in [0.717, 1.165) is 0 Å². The molecule has 16 heavy (non-hydrogen) atoms. The number of carbonyl (C=O) groups excluding carboxylic acids is 3. The molecular weight excluding hydrogens is 250 g/mol. The summed E-state index contributed by atoms with van der Waals surface area (Å²) < 4.78 is 70.1. The summed E-state index contributed by atoms with van der Waals surface area (Å²) in [6.45, 7) is 0. The largest absolute Gasteiger partial charge is 0.472 e. The molecule has 5 nitrogen and oxygen atoms in total. The Kier molecular flexibility index (Phi) is 3.53. The van der Waals surface area contributed by atoms with Gasteiger partial charge in [0, 0.05) is 0 Å². The van der Waals surface area contributed by atoms with Gasteiger partial charge in [-0.3, -0.25) is 9.59 Å². The first-order chi connectivity index (χ1) is 6.89. The number of halogens is 6. The fourth-order valence-electron chi connectivity index (χ4n) is 0.546. The summed E-state index contributed by atoms with van der Waals surface area (Å²) in [6.07, 6.45) is -11.6. The van der Waals surface area contributed by atoms with Crippen molar-refractivity contribution >= 4 is 17.8 Å². The van der Waals surface area contributed by atoms with E-state index in [1.165, 1.54) is 0 Å².